The second-order valence-electron chi connectivity index (χ2n) is 8.00. The summed E-state index contributed by atoms with van der Waals surface area (Å²) in [5, 5.41) is 20.5. The Hall–Kier alpha value is -3.18. The van der Waals surface area contributed by atoms with Gasteiger partial charge in [0.1, 0.15) is 11.9 Å². The summed E-state index contributed by atoms with van der Waals surface area (Å²) in [4.78, 5) is 22.1. The number of nitro benzene ring substituents is 1. The van der Waals surface area contributed by atoms with Gasteiger partial charge in [0.05, 0.1) is 16.2 Å². The van der Waals surface area contributed by atoms with Crippen LogP contribution in [0.15, 0.2) is 42.6 Å². The van der Waals surface area contributed by atoms with Gasteiger partial charge >= 0.3 is 0 Å². The Kier molecular flexibility index (Phi) is 6.10. The molecule has 0 N–H and O–H groups in total. The van der Waals surface area contributed by atoms with Crippen molar-refractivity contribution in [2.75, 3.05) is 55.6 Å². The minimum atomic E-state index is -0.450. The van der Waals surface area contributed by atoms with Gasteiger partial charge in [0.15, 0.2) is 0 Å². The zero-order valence-corrected chi connectivity index (χ0v) is 17.0. The average molecular weight is 406 g/mol. The van der Waals surface area contributed by atoms with Crippen LogP contribution in [0.1, 0.15) is 18.4 Å². The van der Waals surface area contributed by atoms with Crippen molar-refractivity contribution in [1.29, 1.82) is 5.26 Å². The highest BCUT2D eigenvalue weighted by Gasteiger charge is 2.26. The molecule has 1 aromatic heterocycles. The van der Waals surface area contributed by atoms with Crippen molar-refractivity contribution in [3.8, 4) is 6.07 Å². The lowest BCUT2D eigenvalue weighted by Gasteiger charge is -2.40. The fourth-order valence-corrected chi connectivity index (χ4v) is 4.50. The second-order valence-corrected chi connectivity index (χ2v) is 8.00. The van der Waals surface area contributed by atoms with E-state index in [1.807, 2.05) is 18.3 Å². The van der Waals surface area contributed by atoms with E-state index in [0.29, 0.717) is 11.5 Å². The normalized spacial score (nSPS) is 20.0. The first kappa shape index (κ1) is 20.1. The smallest absolute Gasteiger partial charge is 0.270 e. The Labute approximate surface area is 176 Å². The van der Waals surface area contributed by atoms with Crippen molar-refractivity contribution in [3.63, 3.8) is 0 Å². The first-order valence-corrected chi connectivity index (χ1v) is 10.5. The molecule has 8 nitrogen and oxygen atoms in total. The highest BCUT2D eigenvalue weighted by molar-refractivity contribution is 5.63. The largest absolute Gasteiger partial charge is 0.370 e. The van der Waals surface area contributed by atoms with Crippen molar-refractivity contribution in [1.82, 2.24) is 9.88 Å². The Morgan fingerprint density at radius 1 is 1.13 bits per heavy atom. The van der Waals surface area contributed by atoms with Crippen LogP contribution < -0.4 is 9.80 Å². The lowest BCUT2D eigenvalue weighted by atomic mass is 9.96. The van der Waals surface area contributed by atoms with Crippen LogP contribution in [0.2, 0.25) is 0 Å². The van der Waals surface area contributed by atoms with Crippen LogP contribution in [-0.4, -0.2) is 60.6 Å². The molecule has 4 rings (SSSR count). The molecule has 1 aromatic carbocycles. The number of benzene rings is 1. The maximum absolute atomic E-state index is 11.0. The summed E-state index contributed by atoms with van der Waals surface area (Å²) >= 11 is 0. The first-order valence-electron chi connectivity index (χ1n) is 10.5. The molecule has 2 aliphatic rings. The molecule has 3 heterocycles. The van der Waals surface area contributed by atoms with Crippen LogP contribution in [0, 0.1) is 27.4 Å². The number of piperidine rings is 1. The van der Waals surface area contributed by atoms with Crippen molar-refractivity contribution < 1.29 is 4.92 Å². The Morgan fingerprint density at radius 2 is 1.97 bits per heavy atom. The van der Waals surface area contributed by atoms with E-state index in [2.05, 4.69) is 31.8 Å². The molecule has 2 fully saturated rings. The average Bonchev–Trinajstić information content (AvgIpc) is 2.80. The number of rotatable bonds is 5. The van der Waals surface area contributed by atoms with E-state index >= 15 is 0 Å². The van der Waals surface area contributed by atoms with Crippen molar-refractivity contribution >= 4 is 17.2 Å². The van der Waals surface area contributed by atoms with Gasteiger partial charge in [-0.3, -0.25) is 15.0 Å². The summed E-state index contributed by atoms with van der Waals surface area (Å²) in [7, 11) is 0. The van der Waals surface area contributed by atoms with Gasteiger partial charge in [-0.25, -0.2) is 4.98 Å². The SMILES string of the molecule is N#Cc1cc([N+](=O)[O-])ccc1N1CCCC(CN2CCN(c3ccccn3)CC2)C1. The molecule has 0 bridgehead atoms. The molecule has 30 heavy (non-hydrogen) atoms. The van der Waals surface area contributed by atoms with E-state index in [1.54, 1.807) is 6.07 Å². The van der Waals surface area contributed by atoms with Gasteiger partial charge in [-0.2, -0.15) is 5.26 Å². The van der Waals surface area contributed by atoms with Crippen LogP contribution in [0.25, 0.3) is 0 Å². The van der Waals surface area contributed by atoms with E-state index in [0.717, 1.165) is 63.7 Å². The number of nitro groups is 1. The molecule has 1 unspecified atom stereocenters. The number of non-ortho nitro benzene ring substituents is 1. The highest BCUT2D eigenvalue weighted by Crippen LogP contribution is 2.29. The summed E-state index contributed by atoms with van der Waals surface area (Å²) < 4.78 is 0. The van der Waals surface area contributed by atoms with E-state index < -0.39 is 4.92 Å². The number of anilines is 2. The third-order valence-electron chi connectivity index (χ3n) is 6.03. The predicted molar refractivity (Wildman–Crippen MR) is 116 cm³/mol. The number of piperazine rings is 1. The molecular formula is C22H26N6O2. The van der Waals surface area contributed by atoms with Gasteiger partial charge in [-0.05, 0) is 37.0 Å². The summed E-state index contributed by atoms with van der Waals surface area (Å²) in [5.74, 6) is 1.57. The lowest BCUT2D eigenvalue weighted by Crippen LogP contribution is -2.50. The maximum Gasteiger partial charge on any atom is 0.270 e. The fraction of sp³-hybridized carbons (Fsp3) is 0.455. The number of hydrogen-bond acceptors (Lipinski definition) is 7. The molecule has 0 spiro atoms. The number of hydrogen-bond donors (Lipinski definition) is 0. The Bertz CT molecular complexity index is 921. The summed E-state index contributed by atoms with van der Waals surface area (Å²) in [5.41, 5.74) is 1.16. The van der Waals surface area contributed by atoms with Crippen LogP contribution in [0.5, 0.6) is 0 Å². The topological polar surface area (TPSA) is 89.5 Å². The third-order valence-corrected chi connectivity index (χ3v) is 6.03. The van der Waals surface area contributed by atoms with Gasteiger partial charge < -0.3 is 9.80 Å². The molecule has 0 saturated carbocycles. The molecule has 2 aliphatic heterocycles. The number of aromatic nitrogens is 1. The third kappa shape index (κ3) is 4.52. The minimum absolute atomic E-state index is 0.0327. The molecule has 2 aromatic rings. The molecule has 0 radical (unpaired) electrons. The van der Waals surface area contributed by atoms with Crippen molar-refractivity contribution in [2.45, 2.75) is 12.8 Å². The standard InChI is InChI=1S/C22H26N6O2/c23-15-19-14-20(28(29)30)6-7-21(19)27-9-3-4-18(17-27)16-25-10-12-26(13-11-25)22-5-1-2-8-24-22/h1-2,5-8,14,18H,3-4,9-13,16-17H2. The van der Waals surface area contributed by atoms with Crippen LogP contribution in [0.3, 0.4) is 0 Å². The Morgan fingerprint density at radius 3 is 2.67 bits per heavy atom. The van der Waals surface area contributed by atoms with E-state index in [1.165, 1.54) is 18.6 Å². The maximum atomic E-state index is 11.0. The monoisotopic (exact) mass is 406 g/mol. The van der Waals surface area contributed by atoms with Crippen molar-refractivity contribution in [2.24, 2.45) is 5.92 Å². The van der Waals surface area contributed by atoms with Gasteiger partial charge in [0, 0.05) is 64.1 Å². The lowest BCUT2D eigenvalue weighted by molar-refractivity contribution is -0.384. The first-order chi connectivity index (χ1) is 14.6. The number of nitriles is 1. The zero-order chi connectivity index (χ0) is 20.9. The fourth-order valence-electron chi connectivity index (χ4n) is 4.50. The van der Waals surface area contributed by atoms with Crippen LogP contribution in [-0.2, 0) is 0 Å². The predicted octanol–water partition coefficient (Wildman–Crippen LogP) is 2.90. The Balaban J connectivity index is 1.35. The molecule has 2 saturated heterocycles. The molecule has 0 amide bonds. The van der Waals surface area contributed by atoms with E-state index in [4.69, 9.17) is 0 Å². The van der Waals surface area contributed by atoms with Crippen LogP contribution >= 0.6 is 0 Å². The molecular weight excluding hydrogens is 380 g/mol. The zero-order valence-electron chi connectivity index (χ0n) is 17.0. The van der Waals surface area contributed by atoms with Gasteiger partial charge in [-0.1, -0.05) is 6.07 Å². The van der Waals surface area contributed by atoms with Gasteiger partial charge in [0.2, 0.25) is 0 Å². The number of nitrogens with zero attached hydrogens (tertiary/aromatic N) is 6. The van der Waals surface area contributed by atoms with E-state index in [-0.39, 0.29) is 5.69 Å². The molecule has 156 valence electrons. The van der Waals surface area contributed by atoms with Crippen molar-refractivity contribution in [3.05, 3.63) is 58.3 Å². The van der Waals surface area contributed by atoms with Gasteiger partial charge in [0.25, 0.3) is 5.69 Å². The molecule has 8 heteroatoms. The minimum Gasteiger partial charge on any atom is -0.370 e. The highest BCUT2D eigenvalue weighted by atomic mass is 16.6. The summed E-state index contributed by atoms with van der Waals surface area (Å²) in [6, 6.07) is 12.8. The van der Waals surface area contributed by atoms with E-state index in [9.17, 15) is 15.4 Å². The quantitative estimate of drug-likeness (QED) is 0.557. The van der Waals surface area contributed by atoms with Crippen LogP contribution in [0.4, 0.5) is 17.2 Å². The summed E-state index contributed by atoms with van der Waals surface area (Å²) in [6.07, 6.45) is 4.08. The summed E-state index contributed by atoms with van der Waals surface area (Å²) in [6.45, 7) is 6.82. The number of pyridine rings is 1. The molecule has 0 aliphatic carbocycles. The molecule has 1 atom stereocenters. The second kappa shape index (κ2) is 9.09. The van der Waals surface area contributed by atoms with Gasteiger partial charge in [-0.15, -0.1) is 0 Å².